The van der Waals surface area contributed by atoms with E-state index in [0.717, 1.165) is 39.6 Å². The molecule has 1 aliphatic rings. The molecular weight excluding hydrogens is 446 g/mol. The molecule has 0 radical (unpaired) electrons. The number of carbonyl (C=O) groups excluding carboxylic acids is 1. The molecule has 1 aromatic carbocycles. The zero-order valence-electron chi connectivity index (χ0n) is 14.9. The van der Waals surface area contributed by atoms with Crippen LogP contribution in [0.2, 0.25) is 0 Å². The third kappa shape index (κ3) is 3.58. The Labute approximate surface area is 173 Å². The SMILES string of the molecule is CC(Sc1nc2sc3c(c2c(=O)n1C)CCC3)C(=O)Nc1ccc(Br)cc1. The minimum Gasteiger partial charge on any atom is -0.325 e. The molecule has 140 valence electrons. The molecule has 0 saturated heterocycles. The summed E-state index contributed by atoms with van der Waals surface area (Å²) in [6.07, 6.45) is 3.11. The maximum Gasteiger partial charge on any atom is 0.262 e. The number of nitrogens with one attached hydrogen (secondary N) is 1. The van der Waals surface area contributed by atoms with Crippen molar-refractivity contribution in [1.82, 2.24) is 9.55 Å². The van der Waals surface area contributed by atoms with Gasteiger partial charge in [-0.15, -0.1) is 11.3 Å². The van der Waals surface area contributed by atoms with E-state index in [1.165, 1.54) is 22.2 Å². The zero-order chi connectivity index (χ0) is 19.1. The van der Waals surface area contributed by atoms with Crippen LogP contribution in [-0.4, -0.2) is 20.7 Å². The van der Waals surface area contributed by atoms with Crippen LogP contribution in [0.1, 0.15) is 23.8 Å². The molecule has 4 rings (SSSR count). The molecule has 1 unspecified atom stereocenters. The molecule has 0 aliphatic heterocycles. The van der Waals surface area contributed by atoms with Crippen LogP contribution in [0.5, 0.6) is 0 Å². The van der Waals surface area contributed by atoms with Gasteiger partial charge in [0.1, 0.15) is 4.83 Å². The van der Waals surface area contributed by atoms with Crippen LogP contribution in [0.3, 0.4) is 0 Å². The number of hydrogen-bond donors (Lipinski definition) is 1. The van der Waals surface area contributed by atoms with Gasteiger partial charge in [0.05, 0.1) is 10.6 Å². The Balaban J connectivity index is 1.57. The Morgan fingerprint density at radius 1 is 1.33 bits per heavy atom. The highest BCUT2D eigenvalue weighted by Crippen LogP contribution is 2.35. The molecule has 8 heteroatoms. The summed E-state index contributed by atoms with van der Waals surface area (Å²) in [6, 6.07) is 7.43. The molecule has 0 fully saturated rings. The lowest BCUT2D eigenvalue weighted by molar-refractivity contribution is -0.115. The maximum atomic E-state index is 12.9. The molecule has 1 atom stereocenters. The van der Waals surface area contributed by atoms with Crippen molar-refractivity contribution in [1.29, 1.82) is 0 Å². The first-order chi connectivity index (χ1) is 12.9. The lowest BCUT2D eigenvalue weighted by Gasteiger charge is -2.13. The number of benzene rings is 1. The molecule has 0 bridgehead atoms. The third-order valence-corrected chi connectivity index (χ3v) is 7.53. The van der Waals surface area contributed by atoms with Gasteiger partial charge >= 0.3 is 0 Å². The molecular formula is C19H18BrN3O2S2. The van der Waals surface area contributed by atoms with Gasteiger partial charge in [-0.2, -0.15) is 0 Å². The number of rotatable bonds is 4. The Bertz CT molecular complexity index is 1090. The Morgan fingerprint density at radius 2 is 2.07 bits per heavy atom. The van der Waals surface area contributed by atoms with Gasteiger partial charge in [0.2, 0.25) is 5.91 Å². The van der Waals surface area contributed by atoms with E-state index >= 15 is 0 Å². The van der Waals surface area contributed by atoms with Gasteiger partial charge in [-0.25, -0.2) is 4.98 Å². The molecule has 5 nitrogen and oxygen atoms in total. The van der Waals surface area contributed by atoms with Crippen molar-refractivity contribution in [3.63, 3.8) is 0 Å². The number of carbonyl (C=O) groups is 1. The van der Waals surface area contributed by atoms with E-state index in [9.17, 15) is 9.59 Å². The van der Waals surface area contributed by atoms with Crippen LogP contribution in [0.15, 0.2) is 38.7 Å². The van der Waals surface area contributed by atoms with E-state index in [2.05, 4.69) is 21.2 Å². The summed E-state index contributed by atoms with van der Waals surface area (Å²) in [5, 5.41) is 3.86. The fourth-order valence-electron chi connectivity index (χ4n) is 3.20. The van der Waals surface area contributed by atoms with Crippen LogP contribution in [0.25, 0.3) is 10.2 Å². The number of aromatic nitrogens is 2. The fraction of sp³-hybridized carbons (Fsp3) is 0.316. The maximum absolute atomic E-state index is 12.9. The third-order valence-electron chi connectivity index (χ3n) is 4.67. The monoisotopic (exact) mass is 463 g/mol. The van der Waals surface area contributed by atoms with Gasteiger partial charge in [-0.05, 0) is 56.0 Å². The standard InChI is InChI=1S/C19H18BrN3O2S2/c1-10(16(24)21-12-8-6-11(20)7-9-12)26-19-22-17-15(18(25)23(19)2)13-4-3-5-14(13)27-17/h6-10H,3-5H2,1-2H3,(H,21,24). The Morgan fingerprint density at radius 3 is 2.81 bits per heavy atom. The first-order valence-electron chi connectivity index (χ1n) is 8.68. The minimum absolute atomic E-state index is 0.0117. The highest BCUT2D eigenvalue weighted by Gasteiger charge is 2.24. The number of anilines is 1. The number of nitrogens with zero attached hydrogens (tertiary/aromatic N) is 2. The summed E-state index contributed by atoms with van der Waals surface area (Å²) in [4.78, 5) is 32.2. The van der Waals surface area contributed by atoms with Crippen molar-refractivity contribution >= 4 is 60.8 Å². The number of amides is 1. The van der Waals surface area contributed by atoms with E-state index in [1.54, 1.807) is 23.0 Å². The summed E-state index contributed by atoms with van der Waals surface area (Å²) in [6.45, 7) is 1.82. The number of aryl methyl sites for hydroxylation is 2. The molecule has 0 saturated carbocycles. The zero-order valence-corrected chi connectivity index (χ0v) is 18.1. The summed E-state index contributed by atoms with van der Waals surface area (Å²) in [5.74, 6) is -0.120. The van der Waals surface area contributed by atoms with Crippen LogP contribution in [0, 0.1) is 0 Å². The fourth-order valence-corrected chi connectivity index (χ4v) is 5.64. The van der Waals surface area contributed by atoms with Crippen molar-refractivity contribution < 1.29 is 4.79 Å². The number of hydrogen-bond acceptors (Lipinski definition) is 5. The predicted molar refractivity (Wildman–Crippen MR) is 115 cm³/mol. The van der Waals surface area contributed by atoms with Crippen LogP contribution < -0.4 is 10.9 Å². The van der Waals surface area contributed by atoms with E-state index in [0.29, 0.717) is 5.16 Å². The van der Waals surface area contributed by atoms with E-state index in [1.807, 2.05) is 31.2 Å². The van der Waals surface area contributed by atoms with Gasteiger partial charge in [-0.3, -0.25) is 14.2 Å². The topological polar surface area (TPSA) is 64.0 Å². The largest absolute Gasteiger partial charge is 0.325 e. The van der Waals surface area contributed by atoms with Crippen molar-refractivity contribution in [3.05, 3.63) is 49.5 Å². The lowest BCUT2D eigenvalue weighted by atomic mass is 10.2. The quantitative estimate of drug-likeness (QED) is 0.460. The molecule has 1 aliphatic carbocycles. The first kappa shape index (κ1) is 18.7. The second kappa shape index (κ2) is 7.41. The average molecular weight is 464 g/mol. The van der Waals surface area contributed by atoms with Crippen molar-refractivity contribution in [2.75, 3.05) is 5.32 Å². The predicted octanol–water partition coefficient (Wildman–Crippen LogP) is 4.37. The van der Waals surface area contributed by atoms with Crippen LogP contribution in [-0.2, 0) is 24.7 Å². The highest BCUT2D eigenvalue weighted by molar-refractivity contribution is 9.10. The van der Waals surface area contributed by atoms with Crippen molar-refractivity contribution in [3.8, 4) is 0 Å². The summed E-state index contributed by atoms with van der Waals surface area (Å²) < 4.78 is 2.53. The second-order valence-electron chi connectivity index (χ2n) is 6.55. The summed E-state index contributed by atoms with van der Waals surface area (Å²) in [7, 11) is 1.73. The number of fused-ring (bicyclic) bond motifs is 3. The van der Waals surface area contributed by atoms with Crippen LogP contribution in [0.4, 0.5) is 5.69 Å². The smallest absolute Gasteiger partial charge is 0.262 e. The van der Waals surface area contributed by atoms with Gasteiger partial charge in [-0.1, -0.05) is 27.7 Å². The molecule has 2 heterocycles. The molecule has 27 heavy (non-hydrogen) atoms. The average Bonchev–Trinajstić information content (AvgIpc) is 3.22. The second-order valence-corrected chi connectivity index (χ2v) is 9.86. The Hall–Kier alpha value is -1.64. The first-order valence-corrected chi connectivity index (χ1v) is 11.2. The molecule has 2 aromatic heterocycles. The van der Waals surface area contributed by atoms with Crippen LogP contribution >= 0.6 is 39.0 Å². The van der Waals surface area contributed by atoms with Gasteiger partial charge < -0.3 is 5.32 Å². The normalized spacial score (nSPS) is 14.3. The van der Waals surface area contributed by atoms with E-state index < -0.39 is 0 Å². The van der Waals surface area contributed by atoms with E-state index in [4.69, 9.17) is 4.98 Å². The van der Waals surface area contributed by atoms with Gasteiger partial charge in [0.25, 0.3) is 5.56 Å². The molecule has 0 spiro atoms. The lowest BCUT2D eigenvalue weighted by Crippen LogP contribution is -2.25. The summed E-state index contributed by atoms with van der Waals surface area (Å²) >= 11 is 6.31. The minimum atomic E-state index is -0.379. The number of halogens is 1. The molecule has 1 amide bonds. The highest BCUT2D eigenvalue weighted by atomic mass is 79.9. The molecule has 1 N–H and O–H groups in total. The number of thioether (sulfide) groups is 1. The van der Waals surface area contributed by atoms with Crippen molar-refractivity contribution in [2.45, 2.75) is 36.6 Å². The van der Waals surface area contributed by atoms with Crippen molar-refractivity contribution in [2.24, 2.45) is 7.05 Å². The van der Waals surface area contributed by atoms with E-state index in [-0.39, 0.29) is 16.7 Å². The van der Waals surface area contributed by atoms with Gasteiger partial charge in [0.15, 0.2) is 5.16 Å². The Kier molecular flexibility index (Phi) is 5.13. The number of thiophene rings is 1. The summed E-state index contributed by atoms with van der Waals surface area (Å²) in [5.41, 5.74) is 1.91. The van der Waals surface area contributed by atoms with Gasteiger partial charge in [0, 0.05) is 22.1 Å². The molecule has 3 aromatic rings.